The topological polar surface area (TPSA) is 144 Å². The van der Waals surface area contributed by atoms with Gasteiger partial charge in [-0.1, -0.05) is 32.9 Å². The first-order valence-electron chi connectivity index (χ1n) is 10.4. The summed E-state index contributed by atoms with van der Waals surface area (Å²) in [4.78, 5) is 47.1. The molecule has 0 saturated heterocycles. The van der Waals surface area contributed by atoms with Crippen molar-refractivity contribution in [2.75, 3.05) is 13.2 Å². The zero-order chi connectivity index (χ0) is 23.8. The lowest BCUT2D eigenvalue weighted by atomic mass is 9.70. The van der Waals surface area contributed by atoms with E-state index in [-0.39, 0.29) is 31.4 Å². The molecule has 172 valence electrons. The molecule has 0 amide bonds. The highest BCUT2D eigenvalue weighted by Crippen LogP contribution is 2.37. The number of carbonyl (C=O) groups excluding carboxylic acids is 1. The molecule has 2 unspecified atom stereocenters. The number of aromatic carboxylic acids is 1. The van der Waals surface area contributed by atoms with Crippen LogP contribution < -0.4 is 0 Å². The highest BCUT2D eigenvalue weighted by atomic mass is 16.6. The van der Waals surface area contributed by atoms with E-state index in [1.807, 2.05) is 13.8 Å². The summed E-state index contributed by atoms with van der Waals surface area (Å²) in [5, 5.41) is 30.7. The van der Waals surface area contributed by atoms with E-state index in [0.717, 1.165) is 5.56 Å². The second-order valence-electron chi connectivity index (χ2n) is 8.00. The average molecular weight is 437 g/mol. The molecule has 0 aliphatic rings. The van der Waals surface area contributed by atoms with Crippen LogP contribution in [0.1, 0.15) is 62.0 Å². The van der Waals surface area contributed by atoms with E-state index < -0.39 is 40.7 Å². The maximum atomic E-state index is 12.6. The van der Waals surface area contributed by atoms with Gasteiger partial charge in [0.25, 0.3) is 0 Å². The first kappa shape index (κ1) is 26.1. The molecule has 1 aromatic rings. The Kier molecular flexibility index (Phi) is 9.61. The summed E-state index contributed by atoms with van der Waals surface area (Å²) >= 11 is 0. The first-order valence-corrected chi connectivity index (χ1v) is 10.4. The molecule has 0 radical (unpaired) electrons. The fourth-order valence-electron chi connectivity index (χ4n) is 3.91. The summed E-state index contributed by atoms with van der Waals surface area (Å²) in [6.45, 7) is 6.23. The number of nitro groups is 1. The van der Waals surface area contributed by atoms with Crippen LogP contribution in [0.15, 0.2) is 18.2 Å². The number of rotatable bonds is 13. The third kappa shape index (κ3) is 6.50. The third-order valence-electron chi connectivity index (χ3n) is 5.46. The summed E-state index contributed by atoms with van der Waals surface area (Å²) in [6.07, 6.45) is 0.546. The van der Waals surface area contributed by atoms with Crippen LogP contribution in [0.5, 0.6) is 0 Å². The van der Waals surface area contributed by atoms with Crippen molar-refractivity contribution < 1.29 is 34.3 Å². The molecular weight excluding hydrogens is 406 g/mol. The van der Waals surface area contributed by atoms with Gasteiger partial charge in [-0.15, -0.1) is 0 Å². The van der Waals surface area contributed by atoms with Crippen LogP contribution >= 0.6 is 0 Å². The molecule has 31 heavy (non-hydrogen) atoms. The molecule has 2 N–H and O–H groups in total. The van der Waals surface area contributed by atoms with Crippen molar-refractivity contribution in [3.05, 3.63) is 45.0 Å². The van der Waals surface area contributed by atoms with Crippen LogP contribution in [-0.2, 0) is 27.2 Å². The smallest absolute Gasteiger partial charge is 0.335 e. The Bertz CT molecular complexity index is 820. The number of hydrogen-bond donors (Lipinski definition) is 2. The number of benzene rings is 1. The van der Waals surface area contributed by atoms with Gasteiger partial charge in [0.1, 0.15) is 0 Å². The Morgan fingerprint density at radius 3 is 2.29 bits per heavy atom. The Labute approximate surface area is 181 Å². The number of esters is 1. The van der Waals surface area contributed by atoms with Crippen LogP contribution in [0.25, 0.3) is 0 Å². The Morgan fingerprint density at radius 2 is 1.84 bits per heavy atom. The van der Waals surface area contributed by atoms with Crippen molar-refractivity contribution in [2.24, 2.45) is 17.3 Å². The zero-order valence-electron chi connectivity index (χ0n) is 18.4. The monoisotopic (exact) mass is 437 g/mol. The van der Waals surface area contributed by atoms with Crippen molar-refractivity contribution in [1.82, 2.24) is 0 Å². The predicted octanol–water partition coefficient (Wildman–Crippen LogP) is 3.45. The van der Waals surface area contributed by atoms with E-state index in [4.69, 9.17) is 4.74 Å². The van der Waals surface area contributed by atoms with Crippen molar-refractivity contribution >= 4 is 17.9 Å². The van der Waals surface area contributed by atoms with Gasteiger partial charge in [-0.3, -0.25) is 19.7 Å². The predicted molar refractivity (Wildman–Crippen MR) is 113 cm³/mol. The molecule has 0 aliphatic carbocycles. The molecule has 0 bridgehead atoms. The molecule has 0 fully saturated rings. The fourth-order valence-corrected chi connectivity index (χ4v) is 3.91. The van der Waals surface area contributed by atoms with E-state index in [1.54, 1.807) is 18.2 Å². The van der Waals surface area contributed by atoms with Crippen LogP contribution in [0.3, 0.4) is 0 Å². The molecule has 0 spiro atoms. The van der Waals surface area contributed by atoms with E-state index in [2.05, 4.69) is 0 Å². The van der Waals surface area contributed by atoms with Gasteiger partial charge in [-0.25, -0.2) is 4.79 Å². The number of carboxylic acid groups (broad SMARTS) is 2. The molecule has 0 aromatic heterocycles. The van der Waals surface area contributed by atoms with Crippen LogP contribution in [0.4, 0.5) is 0 Å². The fraction of sp³-hybridized carbons (Fsp3) is 0.591. The van der Waals surface area contributed by atoms with Gasteiger partial charge >= 0.3 is 17.9 Å². The van der Waals surface area contributed by atoms with Gasteiger partial charge in [0.15, 0.2) is 5.41 Å². The van der Waals surface area contributed by atoms with E-state index in [0.29, 0.717) is 17.9 Å². The normalized spacial score (nSPS) is 14.0. The quantitative estimate of drug-likeness (QED) is 0.207. The summed E-state index contributed by atoms with van der Waals surface area (Å²) in [5.41, 5.74) is -0.707. The minimum absolute atomic E-state index is 0.0518. The van der Waals surface area contributed by atoms with Gasteiger partial charge in [0.05, 0.1) is 18.1 Å². The summed E-state index contributed by atoms with van der Waals surface area (Å²) in [6, 6.07) is 5.04. The first-order chi connectivity index (χ1) is 14.5. The highest BCUT2D eigenvalue weighted by molar-refractivity contribution is 5.99. The van der Waals surface area contributed by atoms with Crippen molar-refractivity contribution in [2.45, 2.75) is 53.4 Å². The van der Waals surface area contributed by atoms with Crippen molar-refractivity contribution in [3.8, 4) is 0 Å². The largest absolute Gasteiger partial charge is 0.480 e. The standard InChI is InChI=1S/C22H31NO8/c1-5-22(20(26)27,21(28)31-6-2)17(13-23(29)30)10-9-16-8-7-15(11-14(3)4)12-18(16)19(24)25/h7-8,12,14,17H,5-6,9-11,13H2,1-4H3,(H,24,25)(H,26,27). The summed E-state index contributed by atoms with van der Waals surface area (Å²) in [7, 11) is 0. The van der Waals surface area contributed by atoms with Crippen LogP contribution in [-0.4, -0.2) is 46.2 Å². The molecule has 0 saturated carbocycles. The Hall–Kier alpha value is -2.97. The third-order valence-corrected chi connectivity index (χ3v) is 5.46. The summed E-state index contributed by atoms with van der Waals surface area (Å²) < 4.78 is 4.95. The summed E-state index contributed by atoms with van der Waals surface area (Å²) in [5.74, 6) is -4.45. The van der Waals surface area contributed by atoms with Crippen LogP contribution in [0.2, 0.25) is 0 Å². The Morgan fingerprint density at radius 1 is 1.19 bits per heavy atom. The van der Waals surface area contributed by atoms with E-state index >= 15 is 0 Å². The number of carbonyl (C=O) groups is 3. The minimum Gasteiger partial charge on any atom is -0.480 e. The SMILES string of the molecule is CCOC(=O)C(CC)(C(=O)O)C(CCc1ccc(CC(C)C)cc1C(=O)O)C[N+](=O)[O-]. The molecule has 0 heterocycles. The van der Waals surface area contributed by atoms with Crippen molar-refractivity contribution in [3.63, 3.8) is 0 Å². The lowest BCUT2D eigenvalue weighted by Crippen LogP contribution is -2.49. The molecular formula is C22H31NO8. The molecule has 2 atom stereocenters. The van der Waals surface area contributed by atoms with Gasteiger partial charge in [-0.05, 0) is 55.7 Å². The minimum atomic E-state index is -2.08. The van der Waals surface area contributed by atoms with E-state index in [1.165, 1.54) is 13.8 Å². The number of aryl methyl sites for hydroxylation is 1. The second-order valence-corrected chi connectivity index (χ2v) is 8.00. The van der Waals surface area contributed by atoms with E-state index in [9.17, 15) is 34.7 Å². The zero-order valence-corrected chi connectivity index (χ0v) is 18.4. The number of carboxylic acids is 2. The molecule has 9 nitrogen and oxygen atoms in total. The lowest BCUT2D eigenvalue weighted by Gasteiger charge is -2.32. The van der Waals surface area contributed by atoms with Gasteiger partial charge < -0.3 is 14.9 Å². The maximum Gasteiger partial charge on any atom is 0.335 e. The molecule has 1 aromatic carbocycles. The average Bonchev–Trinajstić information content (AvgIpc) is 2.66. The number of aliphatic carboxylic acids is 1. The number of nitrogens with zero attached hydrogens (tertiary/aromatic N) is 1. The van der Waals surface area contributed by atoms with Crippen LogP contribution in [0, 0.1) is 27.4 Å². The Balaban J connectivity index is 3.32. The number of hydrogen-bond acceptors (Lipinski definition) is 6. The van der Waals surface area contributed by atoms with Gasteiger partial charge in [0, 0.05) is 4.92 Å². The molecule has 0 aliphatic heterocycles. The maximum absolute atomic E-state index is 12.6. The molecule has 9 heteroatoms. The lowest BCUT2D eigenvalue weighted by molar-refractivity contribution is -0.491. The van der Waals surface area contributed by atoms with Gasteiger partial charge in [0.2, 0.25) is 6.54 Å². The second kappa shape index (κ2) is 11.4. The highest BCUT2D eigenvalue weighted by Gasteiger charge is 2.54. The van der Waals surface area contributed by atoms with Crippen molar-refractivity contribution in [1.29, 1.82) is 0 Å². The van der Waals surface area contributed by atoms with Gasteiger partial charge in [-0.2, -0.15) is 0 Å². The number of ether oxygens (including phenoxy) is 1. The molecule has 1 rings (SSSR count).